The summed E-state index contributed by atoms with van der Waals surface area (Å²) in [5.41, 5.74) is 2.60. The van der Waals surface area contributed by atoms with Crippen LogP contribution in [-0.4, -0.2) is 11.8 Å². The molecule has 0 fully saturated rings. The van der Waals surface area contributed by atoms with Crippen molar-refractivity contribution in [2.75, 3.05) is 5.75 Å². The molecule has 1 nitrogen and oxygen atoms in total. The Balaban J connectivity index is 1.77. The van der Waals surface area contributed by atoms with Crippen LogP contribution >= 0.6 is 11.8 Å². The summed E-state index contributed by atoms with van der Waals surface area (Å²) in [6.45, 7) is 5.28. The van der Waals surface area contributed by atoms with E-state index in [1.54, 1.807) is 0 Å². The number of benzene rings is 2. The Morgan fingerprint density at radius 3 is 2.38 bits per heavy atom. The predicted octanol–water partition coefficient (Wildman–Crippen LogP) is 4.99. The third-order valence-corrected chi connectivity index (χ3v) is 4.06. The van der Waals surface area contributed by atoms with Gasteiger partial charge in [0.25, 0.3) is 0 Å². The van der Waals surface area contributed by atoms with Crippen LogP contribution in [0.3, 0.4) is 0 Å². The van der Waals surface area contributed by atoms with Gasteiger partial charge >= 0.3 is 0 Å². The molecule has 0 spiro atoms. The largest absolute Gasteiger partial charge is 0.310 e. The van der Waals surface area contributed by atoms with Crippen LogP contribution in [0, 0.1) is 0 Å². The van der Waals surface area contributed by atoms with E-state index in [-0.39, 0.29) is 0 Å². The van der Waals surface area contributed by atoms with Crippen LogP contribution in [0.15, 0.2) is 65.6 Å². The minimum Gasteiger partial charge on any atom is -0.310 e. The second-order valence-electron chi connectivity index (χ2n) is 5.30. The van der Waals surface area contributed by atoms with Crippen LogP contribution < -0.4 is 5.32 Å². The minimum atomic E-state index is 0.530. The van der Waals surface area contributed by atoms with Gasteiger partial charge in [-0.1, -0.05) is 68.5 Å². The lowest BCUT2D eigenvalue weighted by Gasteiger charge is -2.08. The molecule has 2 heteroatoms. The van der Waals surface area contributed by atoms with E-state index in [0.29, 0.717) is 6.04 Å². The molecule has 0 amide bonds. The van der Waals surface area contributed by atoms with E-state index >= 15 is 0 Å². The number of thioether (sulfide) groups is 1. The summed E-state index contributed by atoms with van der Waals surface area (Å²) < 4.78 is 0. The maximum Gasteiger partial charge on any atom is 0.0207 e. The molecule has 110 valence electrons. The SMILES string of the molecule is CC(C)NCc1ccc(SC/C=C/c2ccccc2)cc1. The lowest BCUT2D eigenvalue weighted by Crippen LogP contribution is -2.21. The van der Waals surface area contributed by atoms with E-state index < -0.39 is 0 Å². The molecule has 2 aromatic carbocycles. The van der Waals surface area contributed by atoms with Crippen molar-refractivity contribution in [2.24, 2.45) is 0 Å². The summed E-state index contributed by atoms with van der Waals surface area (Å²) in [5, 5.41) is 3.43. The highest BCUT2D eigenvalue weighted by Gasteiger charge is 1.96. The second kappa shape index (κ2) is 8.71. The molecule has 0 heterocycles. The smallest absolute Gasteiger partial charge is 0.0207 e. The predicted molar refractivity (Wildman–Crippen MR) is 94.6 cm³/mol. The van der Waals surface area contributed by atoms with Crippen molar-refractivity contribution >= 4 is 17.8 Å². The van der Waals surface area contributed by atoms with E-state index in [4.69, 9.17) is 0 Å². The lowest BCUT2D eigenvalue weighted by atomic mass is 10.2. The monoisotopic (exact) mass is 297 g/mol. The molecule has 0 aliphatic rings. The van der Waals surface area contributed by atoms with Gasteiger partial charge in [0.05, 0.1) is 0 Å². The summed E-state index contributed by atoms with van der Waals surface area (Å²) in [6, 6.07) is 19.8. The highest BCUT2D eigenvalue weighted by Crippen LogP contribution is 2.19. The normalized spacial score (nSPS) is 11.4. The van der Waals surface area contributed by atoms with Crippen molar-refractivity contribution in [1.82, 2.24) is 5.32 Å². The Morgan fingerprint density at radius 1 is 1.00 bits per heavy atom. The maximum absolute atomic E-state index is 3.43. The third kappa shape index (κ3) is 6.19. The lowest BCUT2D eigenvalue weighted by molar-refractivity contribution is 0.588. The number of rotatable bonds is 7. The zero-order valence-corrected chi connectivity index (χ0v) is 13.6. The molecule has 0 aliphatic carbocycles. The summed E-state index contributed by atoms with van der Waals surface area (Å²) in [7, 11) is 0. The molecule has 2 aromatic rings. The topological polar surface area (TPSA) is 12.0 Å². The van der Waals surface area contributed by atoms with Gasteiger partial charge < -0.3 is 5.32 Å². The first kappa shape index (κ1) is 15.9. The highest BCUT2D eigenvalue weighted by molar-refractivity contribution is 7.99. The molecule has 0 saturated carbocycles. The van der Waals surface area contributed by atoms with Crippen molar-refractivity contribution in [2.45, 2.75) is 31.3 Å². The van der Waals surface area contributed by atoms with Crippen LogP contribution in [0.1, 0.15) is 25.0 Å². The summed E-state index contributed by atoms with van der Waals surface area (Å²) >= 11 is 1.87. The number of hydrogen-bond acceptors (Lipinski definition) is 2. The molecule has 0 radical (unpaired) electrons. The van der Waals surface area contributed by atoms with Gasteiger partial charge in [0.1, 0.15) is 0 Å². The second-order valence-corrected chi connectivity index (χ2v) is 6.40. The third-order valence-electron chi connectivity index (χ3n) is 3.09. The highest BCUT2D eigenvalue weighted by atomic mass is 32.2. The fourth-order valence-electron chi connectivity index (χ4n) is 1.92. The van der Waals surface area contributed by atoms with Crippen LogP contribution in [0.5, 0.6) is 0 Å². The van der Waals surface area contributed by atoms with Gasteiger partial charge in [0.2, 0.25) is 0 Å². The Labute approximate surface area is 132 Å². The van der Waals surface area contributed by atoms with Gasteiger partial charge in [-0.3, -0.25) is 0 Å². The van der Waals surface area contributed by atoms with E-state index in [1.165, 1.54) is 16.0 Å². The molecule has 21 heavy (non-hydrogen) atoms. The van der Waals surface area contributed by atoms with Gasteiger partial charge in [0, 0.05) is 23.2 Å². The Bertz CT molecular complexity index is 544. The summed E-state index contributed by atoms with van der Waals surface area (Å²) in [6.07, 6.45) is 4.39. The van der Waals surface area contributed by atoms with Crippen molar-refractivity contribution in [1.29, 1.82) is 0 Å². The fourth-order valence-corrected chi connectivity index (χ4v) is 2.63. The number of hydrogen-bond donors (Lipinski definition) is 1. The Morgan fingerprint density at radius 2 is 1.71 bits per heavy atom. The maximum atomic E-state index is 3.43. The molecule has 0 aromatic heterocycles. The first-order valence-corrected chi connectivity index (χ1v) is 8.39. The number of nitrogens with one attached hydrogen (secondary N) is 1. The first-order valence-electron chi connectivity index (χ1n) is 7.41. The van der Waals surface area contributed by atoms with Gasteiger partial charge in [-0.2, -0.15) is 0 Å². The van der Waals surface area contributed by atoms with Gasteiger partial charge in [-0.15, -0.1) is 11.8 Å². The molecule has 2 rings (SSSR count). The fraction of sp³-hybridized carbons (Fsp3) is 0.263. The molecule has 0 aliphatic heterocycles. The zero-order valence-electron chi connectivity index (χ0n) is 12.8. The molecular formula is C19H23NS. The average Bonchev–Trinajstić information content (AvgIpc) is 2.52. The molecule has 0 saturated heterocycles. The van der Waals surface area contributed by atoms with Crippen LogP contribution in [0.25, 0.3) is 6.08 Å². The van der Waals surface area contributed by atoms with Crippen molar-refractivity contribution in [3.8, 4) is 0 Å². The minimum absolute atomic E-state index is 0.530. The van der Waals surface area contributed by atoms with Crippen molar-refractivity contribution in [3.05, 3.63) is 71.8 Å². The first-order chi connectivity index (χ1) is 10.2. The average molecular weight is 297 g/mol. The quantitative estimate of drug-likeness (QED) is 0.723. The summed E-state index contributed by atoms with van der Waals surface area (Å²) in [4.78, 5) is 1.32. The molecule has 1 N–H and O–H groups in total. The van der Waals surface area contributed by atoms with Crippen LogP contribution in [0.4, 0.5) is 0 Å². The van der Waals surface area contributed by atoms with Gasteiger partial charge in [-0.05, 0) is 23.3 Å². The van der Waals surface area contributed by atoms with Crippen molar-refractivity contribution in [3.63, 3.8) is 0 Å². The van der Waals surface area contributed by atoms with Crippen LogP contribution in [0.2, 0.25) is 0 Å². The van der Waals surface area contributed by atoms with E-state index in [9.17, 15) is 0 Å². The zero-order chi connectivity index (χ0) is 14.9. The van der Waals surface area contributed by atoms with E-state index in [0.717, 1.165) is 12.3 Å². The van der Waals surface area contributed by atoms with E-state index in [2.05, 4.69) is 79.8 Å². The molecule has 0 bridgehead atoms. The summed E-state index contributed by atoms with van der Waals surface area (Å²) in [5.74, 6) is 0.998. The molecule has 0 unspecified atom stereocenters. The molecule has 0 atom stereocenters. The standard InChI is InChI=1S/C19H23NS/c1-16(2)20-15-18-10-12-19(13-11-18)21-14-6-9-17-7-4-3-5-8-17/h3-13,16,20H,14-15H2,1-2H3/b9-6+. The Hall–Kier alpha value is -1.51. The van der Waals surface area contributed by atoms with E-state index in [1.807, 2.05) is 17.8 Å². The van der Waals surface area contributed by atoms with Gasteiger partial charge in [-0.25, -0.2) is 0 Å². The van der Waals surface area contributed by atoms with Crippen molar-refractivity contribution < 1.29 is 0 Å². The van der Waals surface area contributed by atoms with Crippen LogP contribution in [-0.2, 0) is 6.54 Å². The molecular weight excluding hydrogens is 274 g/mol. The van der Waals surface area contributed by atoms with Gasteiger partial charge in [0.15, 0.2) is 0 Å². The Kier molecular flexibility index (Phi) is 6.58.